The van der Waals surface area contributed by atoms with Crippen LogP contribution in [0.2, 0.25) is 0 Å². The second-order valence-electron chi connectivity index (χ2n) is 5.89. The van der Waals surface area contributed by atoms with Gasteiger partial charge >= 0.3 is 0 Å². The Morgan fingerprint density at radius 1 is 1.04 bits per heavy atom. The van der Waals surface area contributed by atoms with Gasteiger partial charge in [-0.05, 0) is 38.1 Å². The number of methoxy groups -OCH3 is 2. The Hall–Kier alpha value is -2.47. The van der Waals surface area contributed by atoms with Gasteiger partial charge in [0.2, 0.25) is 0 Å². The summed E-state index contributed by atoms with van der Waals surface area (Å²) in [4.78, 5) is 0. The van der Waals surface area contributed by atoms with E-state index in [0.717, 1.165) is 45.9 Å². The summed E-state index contributed by atoms with van der Waals surface area (Å²) >= 11 is 1.65. The van der Waals surface area contributed by atoms with Gasteiger partial charge in [0.1, 0.15) is 11.5 Å². The van der Waals surface area contributed by atoms with Gasteiger partial charge in [-0.2, -0.15) is 0 Å². The summed E-state index contributed by atoms with van der Waals surface area (Å²) in [6.45, 7) is 5.01. The lowest BCUT2D eigenvalue weighted by molar-refractivity contribution is 0.400. The number of aromatic nitrogens is 3. The van der Waals surface area contributed by atoms with E-state index in [2.05, 4.69) is 46.8 Å². The monoisotopic (exact) mass is 369 g/mol. The first-order chi connectivity index (χ1) is 12.7. The van der Waals surface area contributed by atoms with Gasteiger partial charge < -0.3 is 14.0 Å². The lowest BCUT2D eigenvalue weighted by Crippen LogP contribution is -2.00. The lowest BCUT2D eigenvalue weighted by Gasteiger charge is -2.11. The van der Waals surface area contributed by atoms with Crippen molar-refractivity contribution in [2.24, 2.45) is 0 Å². The van der Waals surface area contributed by atoms with Crippen LogP contribution in [-0.2, 0) is 12.3 Å². The van der Waals surface area contributed by atoms with Gasteiger partial charge in [0.25, 0.3) is 0 Å². The number of ether oxygens (including phenoxy) is 2. The summed E-state index contributed by atoms with van der Waals surface area (Å²) in [7, 11) is 3.35. The lowest BCUT2D eigenvalue weighted by atomic mass is 10.1. The fraction of sp³-hybridized carbons (Fsp3) is 0.300. The first kappa shape index (κ1) is 18.3. The minimum Gasteiger partial charge on any atom is -0.497 e. The van der Waals surface area contributed by atoms with Crippen molar-refractivity contribution in [2.75, 3.05) is 14.2 Å². The Kier molecular flexibility index (Phi) is 5.83. The van der Waals surface area contributed by atoms with E-state index in [1.807, 2.05) is 24.3 Å². The van der Waals surface area contributed by atoms with Gasteiger partial charge in [-0.3, -0.25) is 0 Å². The van der Waals surface area contributed by atoms with Crippen molar-refractivity contribution in [3.8, 4) is 22.9 Å². The average molecular weight is 369 g/mol. The summed E-state index contributed by atoms with van der Waals surface area (Å²) in [5.41, 5.74) is 3.37. The summed E-state index contributed by atoms with van der Waals surface area (Å²) < 4.78 is 12.9. The molecule has 1 heterocycles. The van der Waals surface area contributed by atoms with Crippen molar-refractivity contribution in [2.45, 2.75) is 31.3 Å². The maximum Gasteiger partial charge on any atom is 0.191 e. The van der Waals surface area contributed by atoms with Crippen LogP contribution in [0.5, 0.6) is 11.5 Å². The fourth-order valence-electron chi connectivity index (χ4n) is 2.82. The molecule has 3 rings (SSSR count). The van der Waals surface area contributed by atoms with Crippen LogP contribution < -0.4 is 9.47 Å². The van der Waals surface area contributed by atoms with Crippen LogP contribution in [0.1, 0.15) is 18.1 Å². The number of aryl methyl sites for hydroxylation is 1. The average Bonchev–Trinajstić information content (AvgIpc) is 3.09. The molecule has 0 unspecified atom stereocenters. The highest BCUT2D eigenvalue weighted by atomic mass is 32.2. The Balaban J connectivity index is 1.85. The van der Waals surface area contributed by atoms with Crippen molar-refractivity contribution < 1.29 is 9.47 Å². The molecular weight excluding hydrogens is 346 g/mol. The summed E-state index contributed by atoms with van der Waals surface area (Å²) in [5.74, 6) is 3.29. The van der Waals surface area contributed by atoms with Crippen molar-refractivity contribution in [1.29, 1.82) is 0 Å². The smallest absolute Gasteiger partial charge is 0.191 e. The van der Waals surface area contributed by atoms with E-state index in [9.17, 15) is 0 Å². The Labute approximate surface area is 158 Å². The van der Waals surface area contributed by atoms with Gasteiger partial charge in [-0.1, -0.05) is 35.5 Å². The predicted octanol–water partition coefficient (Wildman–Crippen LogP) is 4.58. The first-order valence-electron chi connectivity index (χ1n) is 8.50. The number of rotatable bonds is 7. The van der Waals surface area contributed by atoms with Crippen LogP contribution in [0.25, 0.3) is 11.4 Å². The normalized spacial score (nSPS) is 10.8. The van der Waals surface area contributed by atoms with E-state index in [0.29, 0.717) is 0 Å². The number of hydrogen-bond donors (Lipinski definition) is 0. The molecule has 0 N–H and O–H groups in total. The Morgan fingerprint density at radius 3 is 2.58 bits per heavy atom. The molecule has 0 amide bonds. The summed E-state index contributed by atoms with van der Waals surface area (Å²) in [5, 5.41) is 9.73. The summed E-state index contributed by atoms with van der Waals surface area (Å²) in [6.07, 6.45) is 0. The Morgan fingerprint density at radius 2 is 1.88 bits per heavy atom. The molecule has 0 aliphatic rings. The van der Waals surface area contributed by atoms with Crippen molar-refractivity contribution in [3.05, 3.63) is 53.6 Å². The standard InChI is InChI=1S/C20H23N3O2S/c1-5-23-19(15-8-6-7-14(2)11-15)21-22-20(23)26-13-16-12-17(24-3)9-10-18(16)25-4/h6-12H,5,13H2,1-4H3. The first-order valence-corrected chi connectivity index (χ1v) is 9.48. The highest BCUT2D eigenvalue weighted by molar-refractivity contribution is 7.98. The zero-order valence-corrected chi connectivity index (χ0v) is 16.3. The molecule has 0 saturated heterocycles. The molecule has 6 heteroatoms. The third-order valence-corrected chi connectivity index (χ3v) is 5.17. The second-order valence-corrected chi connectivity index (χ2v) is 6.83. The fourth-order valence-corrected chi connectivity index (χ4v) is 3.80. The van der Waals surface area contributed by atoms with Crippen LogP contribution >= 0.6 is 11.8 Å². The van der Waals surface area contributed by atoms with Crippen LogP contribution in [0.3, 0.4) is 0 Å². The third kappa shape index (κ3) is 3.85. The largest absolute Gasteiger partial charge is 0.497 e. The quantitative estimate of drug-likeness (QED) is 0.571. The van der Waals surface area contributed by atoms with Gasteiger partial charge in [0.05, 0.1) is 14.2 Å². The molecule has 0 aliphatic carbocycles. The van der Waals surface area contributed by atoms with Crippen molar-refractivity contribution in [1.82, 2.24) is 14.8 Å². The molecule has 2 aromatic carbocycles. The van der Waals surface area contributed by atoms with Gasteiger partial charge in [-0.25, -0.2) is 0 Å². The maximum absolute atomic E-state index is 5.47. The van der Waals surface area contributed by atoms with Crippen molar-refractivity contribution >= 4 is 11.8 Å². The predicted molar refractivity (Wildman–Crippen MR) is 105 cm³/mol. The van der Waals surface area contributed by atoms with E-state index in [1.54, 1.807) is 26.0 Å². The molecule has 3 aromatic rings. The molecule has 0 saturated carbocycles. The van der Waals surface area contributed by atoms with Crippen LogP contribution in [-0.4, -0.2) is 29.0 Å². The number of thioether (sulfide) groups is 1. The van der Waals surface area contributed by atoms with Crippen LogP contribution in [0.15, 0.2) is 47.6 Å². The molecule has 5 nitrogen and oxygen atoms in total. The van der Waals surface area contributed by atoms with E-state index in [-0.39, 0.29) is 0 Å². The van der Waals surface area contributed by atoms with Crippen molar-refractivity contribution in [3.63, 3.8) is 0 Å². The second kappa shape index (κ2) is 8.27. The zero-order chi connectivity index (χ0) is 18.5. The summed E-state index contributed by atoms with van der Waals surface area (Å²) in [6, 6.07) is 14.2. The van der Waals surface area contributed by atoms with E-state index in [1.165, 1.54) is 5.56 Å². The molecule has 136 valence electrons. The molecule has 0 aliphatic heterocycles. The van der Waals surface area contributed by atoms with Crippen LogP contribution in [0.4, 0.5) is 0 Å². The highest BCUT2D eigenvalue weighted by Crippen LogP contribution is 2.31. The van der Waals surface area contributed by atoms with E-state index in [4.69, 9.17) is 9.47 Å². The third-order valence-electron chi connectivity index (χ3n) is 4.15. The molecule has 0 bridgehead atoms. The molecule has 0 spiro atoms. The molecule has 0 radical (unpaired) electrons. The number of benzene rings is 2. The van der Waals surface area contributed by atoms with Crippen LogP contribution in [0, 0.1) is 6.92 Å². The zero-order valence-electron chi connectivity index (χ0n) is 15.5. The molecule has 1 aromatic heterocycles. The van der Waals surface area contributed by atoms with Gasteiger partial charge in [0, 0.05) is 23.4 Å². The topological polar surface area (TPSA) is 49.2 Å². The number of hydrogen-bond acceptors (Lipinski definition) is 5. The minimum atomic E-state index is 0.728. The highest BCUT2D eigenvalue weighted by Gasteiger charge is 2.14. The van der Waals surface area contributed by atoms with Gasteiger partial charge in [-0.15, -0.1) is 10.2 Å². The maximum atomic E-state index is 5.47. The minimum absolute atomic E-state index is 0.728. The van der Waals surface area contributed by atoms with E-state index < -0.39 is 0 Å². The Bertz CT molecular complexity index is 893. The molecular formula is C20H23N3O2S. The van der Waals surface area contributed by atoms with E-state index >= 15 is 0 Å². The van der Waals surface area contributed by atoms with Gasteiger partial charge in [0.15, 0.2) is 11.0 Å². The molecule has 26 heavy (non-hydrogen) atoms. The molecule has 0 atom stereocenters. The number of nitrogens with zero attached hydrogens (tertiary/aromatic N) is 3. The SMILES string of the molecule is CCn1c(SCc2cc(OC)ccc2OC)nnc1-c1cccc(C)c1. The molecule has 0 fully saturated rings.